The van der Waals surface area contributed by atoms with Gasteiger partial charge in [0.2, 0.25) is 5.01 Å². The Bertz CT molecular complexity index is 637. The van der Waals surface area contributed by atoms with Gasteiger partial charge in [-0.05, 0) is 37.6 Å². The molecule has 0 atom stereocenters. The molecule has 2 aromatic rings. The molecule has 2 N–H and O–H groups in total. The van der Waals surface area contributed by atoms with E-state index < -0.39 is 0 Å². The van der Waals surface area contributed by atoms with Crippen LogP contribution in [0.25, 0.3) is 0 Å². The molecule has 0 saturated carbocycles. The quantitative estimate of drug-likeness (QED) is 0.887. The average Bonchev–Trinajstić information content (AvgIpc) is 2.92. The second-order valence-corrected chi connectivity index (χ2v) is 5.60. The van der Waals surface area contributed by atoms with Crippen LogP contribution < -0.4 is 10.6 Å². The number of anilines is 1. The number of nitrogens with one attached hydrogen (secondary N) is 2. The van der Waals surface area contributed by atoms with Crippen molar-refractivity contribution in [3.05, 3.63) is 39.8 Å². The Balaban J connectivity index is 1.99. The van der Waals surface area contributed by atoms with Gasteiger partial charge in [-0.1, -0.05) is 18.3 Å². The van der Waals surface area contributed by atoms with E-state index in [4.69, 9.17) is 0 Å². The minimum Gasteiger partial charge on any atom is -0.352 e. The fraction of sp³-hybridized carbons (Fsp3) is 0.286. The van der Waals surface area contributed by atoms with Gasteiger partial charge in [-0.3, -0.25) is 9.59 Å². The number of benzene rings is 1. The number of nitrogens with zero attached hydrogens (tertiary/aromatic N) is 2. The molecule has 0 spiro atoms. The maximum absolute atomic E-state index is 11.9. The van der Waals surface area contributed by atoms with Crippen molar-refractivity contribution in [2.24, 2.45) is 0 Å². The Labute approximate surface area is 126 Å². The lowest BCUT2D eigenvalue weighted by Crippen LogP contribution is -2.23. The smallest absolute Gasteiger partial charge is 0.286 e. The van der Waals surface area contributed by atoms with Crippen LogP contribution in [-0.2, 0) is 0 Å². The molecule has 110 valence electrons. The standard InChI is InChI=1S/C14H16N4O2S/c1-3-8-15-12(19)10-4-6-11(7-5-10)16-13(20)14-18-17-9(2)21-14/h4-7H,3,8H2,1-2H3,(H,15,19)(H,16,20). The molecule has 1 aromatic carbocycles. The van der Waals surface area contributed by atoms with Crippen LogP contribution in [-0.4, -0.2) is 28.6 Å². The molecule has 0 aliphatic rings. The van der Waals surface area contributed by atoms with E-state index in [0.29, 0.717) is 22.8 Å². The molecule has 1 aromatic heterocycles. The highest BCUT2D eigenvalue weighted by molar-refractivity contribution is 7.13. The largest absolute Gasteiger partial charge is 0.352 e. The van der Waals surface area contributed by atoms with Crippen molar-refractivity contribution >= 4 is 28.8 Å². The molecule has 0 aliphatic carbocycles. The van der Waals surface area contributed by atoms with Crippen molar-refractivity contribution < 1.29 is 9.59 Å². The molecule has 2 rings (SSSR count). The van der Waals surface area contributed by atoms with E-state index in [1.807, 2.05) is 6.92 Å². The molecule has 0 bridgehead atoms. The van der Waals surface area contributed by atoms with Crippen LogP contribution in [0.2, 0.25) is 0 Å². The van der Waals surface area contributed by atoms with Crippen LogP contribution in [0, 0.1) is 6.92 Å². The summed E-state index contributed by atoms with van der Waals surface area (Å²) in [7, 11) is 0. The monoisotopic (exact) mass is 304 g/mol. The molecule has 21 heavy (non-hydrogen) atoms. The highest BCUT2D eigenvalue weighted by Crippen LogP contribution is 2.13. The SMILES string of the molecule is CCCNC(=O)c1ccc(NC(=O)c2nnc(C)s2)cc1. The van der Waals surface area contributed by atoms with E-state index in [1.165, 1.54) is 11.3 Å². The van der Waals surface area contributed by atoms with E-state index in [0.717, 1.165) is 11.4 Å². The van der Waals surface area contributed by atoms with Crippen LogP contribution in [0.5, 0.6) is 0 Å². The summed E-state index contributed by atoms with van der Waals surface area (Å²) in [6, 6.07) is 6.72. The molecule has 2 amide bonds. The predicted octanol–water partition coefficient (Wildman–Crippen LogP) is 2.24. The van der Waals surface area contributed by atoms with E-state index in [-0.39, 0.29) is 11.8 Å². The third kappa shape index (κ3) is 4.09. The predicted molar refractivity (Wildman–Crippen MR) is 81.7 cm³/mol. The summed E-state index contributed by atoms with van der Waals surface area (Å²) in [5.41, 5.74) is 1.17. The fourth-order valence-electron chi connectivity index (χ4n) is 1.62. The van der Waals surface area contributed by atoms with E-state index in [1.54, 1.807) is 31.2 Å². The van der Waals surface area contributed by atoms with Crippen molar-refractivity contribution in [2.45, 2.75) is 20.3 Å². The Morgan fingerprint density at radius 1 is 1.14 bits per heavy atom. The Morgan fingerprint density at radius 3 is 2.43 bits per heavy atom. The molecule has 0 radical (unpaired) electrons. The van der Waals surface area contributed by atoms with Crippen LogP contribution >= 0.6 is 11.3 Å². The van der Waals surface area contributed by atoms with Crippen molar-refractivity contribution in [1.82, 2.24) is 15.5 Å². The molecule has 0 fully saturated rings. The zero-order valence-corrected chi connectivity index (χ0v) is 12.7. The number of hydrogen-bond acceptors (Lipinski definition) is 5. The summed E-state index contributed by atoms with van der Waals surface area (Å²) in [5.74, 6) is -0.418. The molecule has 0 aliphatic heterocycles. The average molecular weight is 304 g/mol. The minimum atomic E-state index is -0.302. The van der Waals surface area contributed by atoms with E-state index in [2.05, 4.69) is 20.8 Å². The van der Waals surface area contributed by atoms with Crippen LogP contribution in [0.3, 0.4) is 0 Å². The third-order valence-corrected chi connectivity index (χ3v) is 3.50. The molecule has 0 unspecified atom stereocenters. The first-order chi connectivity index (χ1) is 10.1. The number of carbonyl (C=O) groups excluding carboxylic acids is 2. The van der Waals surface area contributed by atoms with Crippen molar-refractivity contribution in [3.63, 3.8) is 0 Å². The summed E-state index contributed by atoms with van der Waals surface area (Å²) < 4.78 is 0. The van der Waals surface area contributed by atoms with Gasteiger partial charge < -0.3 is 10.6 Å². The summed E-state index contributed by atoms with van der Waals surface area (Å²) in [4.78, 5) is 23.7. The number of carbonyl (C=O) groups is 2. The first-order valence-corrected chi connectivity index (χ1v) is 7.41. The molecule has 6 nitrogen and oxygen atoms in total. The number of aromatic nitrogens is 2. The first-order valence-electron chi connectivity index (χ1n) is 6.60. The number of hydrogen-bond donors (Lipinski definition) is 2. The zero-order chi connectivity index (χ0) is 15.2. The van der Waals surface area contributed by atoms with Gasteiger partial charge in [0.15, 0.2) is 0 Å². The molecular formula is C14H16N4O2S. The second-order valence-electron chi connectivity index (χ2n) is 4.41. The highest BCUT2D eigenvalue weighted by atomic mass is 32.1. The fourth-order valence-corrected chi connectivity index (χ4v) is 2.21. The van der Waals surface area contributed by atoms with Crippen molar-refractivity contribution in [1.29, 1.82) is 0 Å². The second kappa shape index (κ2) is 6.94. The van der Waals surface area contributed by atoms with Crippen LogP contribution in [0.4, 0.5) is 5.69 Å². The molecule has 0 saturated heterocycles. The molecular weight excluding hydrogens is 288 g/mol. The van der Waals surface area contributed by atoms with Gasteiger partial charge >= 0.3 is 0 Å². The van der Waals surface area contributed by atoms with E-state index in [9.17, 15) is 9.59 Å². The molecule has 7 heteroatoms. The van der Waals surface area contributed by atoms with Gasteiger partial charge in [0, 0.05) is 17.8 Å². The number of amides is 2. The topological polar surface area (TPSA) is 84.0 Å². The lowest BCUT2D eigenvalue weighted by molar-refractivity contribution is 0.0953. The summed E-state index contributed by atoms with van der Waals surface area (Å²) >= 11 is 1.23. The first kappa shape index (κ1) is 15.1. The Morgan fingerprint density at radius 2 is 1.86 bits per heavy atom. The summed E-state index contributed by atoms with van der Waals surface area (Å²) in [5, 5.41) is 14.2. The highest BCUT2D eigenvalue weighted by Gasteiger charge is 2.11. The molecule has 1 heterocycles. The lowest BCUT2D eigenvalue weighted by Gasteiger charge is -2.05. The minimum absolute atomic E-state index is 0.116. The van der Waals surface area contributed by atoms with Gasteiger partial charge in [0.05, 0.1) is 0 Å². The maximum Gasteiger partial charge on any atom is 0.286 e. The summed E-state index contributed by atoms with van der Waals surface area (Å²) in [6.07, 6.45) is 0.890. The number of rotatable bonds is 5. The van der Waals surface area contributed by atoms with Gasteiger partial charge in [0.1, 0.15) is 5.01 Å². The van der Waals surface area contributed by atoms with Crippen molar-refractivity contribution in [2.75, 3.05) is 11.9 Å². The summed E-state index contributed by atoms with van der Waals surface area (Å²) in [6.45, 7) is 4.43. The van der Waals surface area contributed by atoms with Gasteiger partial charge in [-0.2, -0.15) is 0 Å². The van der Waals surface area contributed by atoms with Gasteiger partial charge in [0.25, 0.3) is 11.8 Å². The lowest BCUT2D eigenvalue weighted by atomic mass is 10.2. The zero-order valence-electron chi connectivity index (χ0n) is 11.8. The van der Waals surface area contributed by atoms with Crippen LogP contribution in [0.1, 0.15) is 38.5 Å². The van der Waals surface area contributed by atoms with E-state index >= 15 is 0 Å². The van der Waals surface area contributed by atoms with Crippen molar-refractivity contribution in [3.8, 4) is 0 Å². The normalized spacial score (nSPS) is 10.2. The third-order valence-electron chi connectivity index (χ3n) is 2.66. The van der Waals surface area contributed by atoms with Crippen LogP contribution in [0.15, 0.2) is 24.3 Å². The Hall–Kier alpha value is -2.28. The maximum atomic E-state index is 11.9. The van der Waals surface area contributed by atoms with Gasteiger partial charge in [-0.25, -0.2) is 0 Å². The number of aryl methyl sites for hydroxylation is 1. The Kier molecular flexibility index (Phi) is 4.99. The van der Waals surface area contributed by atoms with Gasteiger partial charge in [-0.15, -0.1) is 10.2 Å².